The van der Waals surface area contributed by atoms with Gasteiger partial charge in [0.05, 0.1) is 11.0 Å². The zero-order valence-corrected chi connectivity index (χ0v) is 11.9. The molecule has 96 valence electrons. The van der Waals surface area contributed by atoms with Gasteiger partial charge in [-0.1, -0.05) is 41.7 Å². The molecule has 18 heavy (non-hydrogen) atoms. The number of H-pyrrole nitrogens is 1. The first kappa shape index (κ1) is 13.7. The van der Waals surface area contributed by atoms with E-state index in [1.807, 2.05) is 6.92 Å². The number of nitrogens with zero attached hydrogens (tertiary/aromatic N) is 1. The van der Waals surface area contributed by atoms with Crippen molar-refractivity contribution in [2.24, 2.45) is 0 Å². The highest BCUT2D eigenvalue weighted by Crippen LogP contribution is 2.37. The number of ketones is 1. The number of imidazole rings is 1. The van der Waals surface area contributed by atoms with Crippen LogP contribution < -0.4 is 0 Å². The zero-order chi connectivity index (χ0) is 13.3. The van der Waals surface area contributed by atoms with Gasteiger partial charge in [-0.3, -0.25) is 4.79 Å². The number of Topliss-reactive ketones (excluding diaryl/α,β-unsaturated/α-hetero) is 1. The normalized spacial score (nSPS) is 12.0. The van der Waals surface area contributed by atoms with Gasteiger partial charge in [0.1, 0.15) is 0 Å². The second-order valence-corrected chi connectivity index (χ2v) is 6.27. The van der Waals surface area contributed by atoms with Gasteiger partial charge >= 0.3 is 0 Å². The molecule has 0 unspecified atom stereocenters. The summed E-state index contributed by atoms with van der Waals surface area (Å²) in [6.07, 6.45) is 1.34. The molecule has 0 atom stereocenters. The lowest BCUT2D eigenvalue weighted by molar-refractivity contribution is 0.0982. The van der Waals surface area contributed by atoms with Gasteiger partial charge in [0.25, 0.3) is 0 Å². The molecule has 0 fully saturated rings. The number of carbonyl (C=O) groups is 1. The lowest BCUT2D eigenvalue weighted by Crippen LogP contribution is -2.02. The number of rotatable bonds is 3. The van der Waals surface area contributed by atoms with E-state index in [2.05, 4.69) is 9.97 Å². The number of fused-ring (bicyclic) bond motifs is 1. The molecule has 0 aliphatic rings. The van der Waals surface area contributed by atoms with Crippen molar-refractivity contribution in [1.29, 1.82) is 0 Å². The first-order valence-corrected chi connectivity index (χ1v) is 6.65. The van der Waals surface area contributed by atoms with Crippen LogP contribution in [0.5, 0.6) is 0 Å². The van der Waals surface area contributed by atoms with Crippen LogP contribution in [0.4, 0.5) is 0 Å². The predicted octanol–water partition coefficient (Wildman–Crippen LogP) is 4.37. The molecule has 0 aliphatic heterocycles. The van der Waals surface area contributed by atoms with Crippen molar-refractivity contribution < 1.29 is 4.79 Å². The van der Waals surface area contributed by atoms with E-state index in [0.717, 1.165) is 6.42 Å². The second kappa shape index (κ2) is 5.08. The maximum atomic E-state index is 11.8. The van der Waals surface area contributed by atoms with Crippen molar-refractivity contribution >= 4 is 51.6 Å². The Bertz CT molecular complexity index is 587. The van der Waals surface area contributed by atoms with Crippen LogP contribution in [0, 0.1) is 0 Å². The van der Waals surface area contributed by atoms with Crippen molar-refractivity contribution in [1.82, 2.24) is 9.97 Å². The van der Waals surface area contributed by atoms with Crippen LogP contribution in [0.1, 0.15) is 35.9 Å². The number of benzene rings is 1. The molecular weight excluding hydrogens is 295 g/mol. The quantitative estimate of drug-likeness (QED) is 0.676. The summed E-state index contributed by atoms with van der Waals surface area (Å²) in [7, 11) is 0. The lowest BCUT2D eigenvalue weighted by Gasteiger charge is -2.04. The Hall–Kier alpha value is -0.770. The lowest BCUT2D eigenvalue weighted by atomic mass is 10.1. The van der Waals surface area contributed by atoms with Gasteiger partial charge in [-0.15, -0.1) is 0 Å². The Labute approximate surface area is 119 Å². The summed E-state index contributed by atoms with van der Waals surface area (Å²) in [4.78, 5) is 18.9. The average molecular weight is 306 g/mol. The third-order valence-electron chi connectivity index (χ3n) is 2.55. The maximum Gasteiger partial charge on any atom is 0.248 e. The van der Waals surface area contributed by atoms with E-state index in [4.69, 9.17) is 34.8 Å². The number of aromatic amines is 1. The average Bonchev–Trinajstić information content (AvgIpc) is 2.71. The van der Waals surface area contributed by atoms with Gasteiger partial charge in [-0.25, -0.2) is 4.98 Å². The number of alkyl halides is 3. The van der Waals surface area contributed by atoms with Crippen LogP contribution in [0.25, 0.3) is 11.0 Å². The fourth-order valence-corrected chi connectivity index (χ4v) is 1.96. The van der Waals surface area contributed by atoms with Crippen LogP contribution in [-0.4, -0.2) is 15.8 Å². The van der Waals surface area contributed by atoms with Crippen LogP contribution in [0.3, 0.4) is 0 Å². The van der Waals surface area contributed by atoms with E-state index in [9.17, 15) is 4.79 Å². The number of aromatic nitrogens is 2. The molecule has 0 aliphatic carbocycles. The minimum absolute atomic E-state index is 0.101. The first-order valence-electron chi connectivity index (χ1n) is 5.52. The number of nitrogens with one attached hydrogen (secondary N) is 1. The second-order valence-electron chi connectivity index (χ2n) is 3.99. The molecular formula is C12H11Cl3N2O. The minimum atomic E-state index is -1.59. The van der Waals surface area contributed by atoms with Crippen molar-refractivity contribution in [2.75, 3.05) is 0 Å². The summed E-state index contributed by atoms with van der Waals surface area (Å²) in [6, 6.07) is 5.22. The summed E-state index contributed by atoms with van der Waals surface area (Å²) in [5.74, 6) is 0.354. The fraction of sp³-hybridized carbons (Fsp3) is 0.333. The largest absolute Gasteiger partial charge is 0.338 e. The molecule has 0 bridgehead atoms. The van der Waals surface area contributed by atoms with E-state index in [0.29, 0.717) is 23.0 Å². The molecule has 1 heterocycles. The molecule has 0 radical (unpaired) electrons. The number of hydrogen-bond acceptors (Lipinski definition) is 2. The minimum Gasteiger partial charge on any atom is -0.338 e. The van der Waals surface area contributed by atoms with Gasteiger partial charge < -0.3 is 4.98 Å². The summed E-state index contributed by atoms with van der Waals surface area (Å²) in [6.45, 7) is 1.97. The van der Waals surface area contributed by atoms with Crippen LogP contribution in [0.15, 0.2) is 18.2 Å². The summed E-state index contributed by atoms with van der Waals surface area (Å²) < 4.78 is -1.59. The topological polar surface area (TPSA) is 45.8 Å². The molecule has 1 N–H and O–H groups in total. The molecule has 1 aromatic heterocycles. The van der Waals surface area contributed by atoms with Gasteiger partial charge in [-0.2, -0.15) is 0 Å². The molecule has 0 spiro atoms. The standard InChI is InChI=1S/C12H11Cl3N2O/c1-2-3-10(18)7-4-5-8-9(6-7)17-11(16-8)12(13,14)15/h4-6H,2-3H2,1H3,(H,16,17). The van der Waals surface area contributed by atoms with Crippen LogP contribution in [0.2, 0.25) is 0 Å². The van der Waals surface area contributed by atoms with Gasteiger partial charge in [0, 0.05) is 12.0 Å². The highest BCUT2D eigenvalue weighted by atomic mass is 35.6. The van der Waals surface area contributed by atoms with Crippen molar-refractivity contribution in [3.63, 3.8) is 0 Å². The summed E-state index contributed by atoms with van der Waals surface area (Å²) in [5, 5.41) is 0. The van der Waals surface area contributed by atoms with E-state index >= 15 is 0 Å². The van der Waals surface area contributed by atoms with E-state index in [1.54, 1.807) is 18.2 Å². The zero-order valence-electron chi connectivity index (χ0n) is 9.64. The van der Waals surface area contributed by atoms with E-state index < -0.39 is 3.79 Å². The fourth-order valence-electron chi connectivity index (χ4n) is 1.69. The van der Waals surface area contributed by atoms with Gasteiger partial charge in [-0.05, 0) is 24.6 Å². The van der Waals surface area contributed by atoms with E-state index in [-0.39, 0.29) is 11.6 Å². The Balaban J connectivity index is 2.43. The Kier molecular flexibility index (Phi) is 3.85. The monoisotopic (exact) mass is 304 g/mol. The first-order chi connectivity index (χ1) is 8.41. The maximum absolute atomic E-state index is 11.8. The Morgan fingerprint density at radius 3 is 2.72 bits per heavy atom. The number of hydrogen-bond donors (Lipinski definition) is 1. The molecule has 2 rings (SSSR count). The van der Waals surface area contributed by atoms with Crippen LogP contribution >= 0.6 is 34.8 Å². The van der Waals surface area contributed by atoms with Crippen molar-refractivity contribution in [3.05, 3.63) is 29.6 Å². The molecule has 6 heteroatoms. The third kappa shape index (κ3) is 2.79. The Morgan fingerprint density at radius 2 is 2.11 bits per heavy atom. The molecule has 2 aromatic rings. The summed E-state index contributed by atoms with van der Waals surface area (Å²) in [5.41, 5.74) is 2.01. The molecule has 3 nitrogen and oxygen atoms in total. The summed E-state index contributed by atoms with van der Waals surface area (Å²) >= 11 is 17.3. The number of carbonyl (C=O) groups excluding carboxylic acids is 1. The van der Waals surface area contributed by atoms with Gasteiger partial charge in [0.2, 0.25) is 3.79 Å². The highest BCUT2D eigenvalue weighted by Gasteiger charge is 2.27. The predicted molar refractivity (Wildman–Crippen MR) is 74.6 cm³/mol. The SMILES string of the molecule is CCCC(=O)c1ccc2nc(C(Cl)(Cl)Cl)[nH]c2c1. The Morgan fingerprint density at radius 1 is 1.39 bits per heavy atom. The van der Waals surface area contributed by atoms with E-state index in [1.165, 1.54) is 0 Å². The van der Waals surface area contributed by atoms with Crippen molar-refractivity contribution in [2.45, 2.75) is 23.6 Å². The smallest absolute Gasteiger partial charge is 0.248 e. The molecule has 1 aromatic carbocycles. The number of halogens is 3. The third-order valence-corrected chi connectivity index (χ3v) is 3.09. The van der Waals surface area contributed by atoms with Crippen LogP contribution in [-0.2, 0) is 3.79 Å². The highest BCUT2D eigenvalue weighted by molar-refractivity contribution is 6.66. The molecule has 0 amide bonds. The van der Waals surface area contributed by atoms with Gasteiger partial charge in [0.15, 0.2) is 11.6 Å². The molecule has 0 saturated heterocycles. The molecule has 0 saturated carbocycles. The van der Waals surface area contributed by atoms with Crippen molar-refractivity contribution in [3.8, 4) is 0 Å².